The van der Waals surface area contributed by atoms with Gasteiger partial charge >= 0.3 is 0 Å². The molecule has 0 unspecified atom stereocenters. The van der Waals surface area contributed by atoms with Crippen molar-refractivity contribution in [3.63, 3.8) is 0 Å². The van der Waals surface area contributed by atoms with Gasteiger partial charge in [-0.15, -0.1) is 11.8 Å². The van der Waals surface area contributed by atoms with Gasteiger partial charge < -0.3 is 16.3 Å². The summed E-state index contributed by atoms with van der Waals surface area (Å²) in [4.78, 5) is 9.44. The zero-order valence-corrected chi connectivity index (χ0v) is 12.6. The van der Waals surface area contributed by atoms with Gasteiger partial charge in [0, 0.05) is 22.2 Å². The second-order valence-corrected chi connectivity index (χ2v) is 5.18. The number of halogens is 2. The molecule has 3 nitrogen and oxygen atoms in total. The fraction of sp³-hybridized carbons (Fsp3) is 0.250. The largest absolute Gasteiger partial charge is 0.398 e. The van der Waals surface area contributed by atoms with Gasteiger partial charge in [-0.3, -0.25) is 0 Å². The van der Waals surface area contributed by atoms with Crippen molar-refractivity contribution in [3.05, 3.63) is 39.2 Å². The highest BCUT2D eigenvalue weighted by molar-refractivity contribution is 8.02. The maximum absolute atomic E-state index is 9.44. The first kappa shape index (κ1) is 17.3. The highest BCUT2D eigenvalue weighted by Crippen LogP contribution is 2.25. The van der Waals surface area contributed by atoms with Crippen LogP contribution in [-0.4, -0.2) is 11.7 Å². The van der Waals surface area contributed by atoms with E-state index in [1.807, 2.05) is 0 Å². The lowest BCUT2D eigenvalue weighted by molar-refractivity contribution is -0.114. The van der Waals surface area contributed by atoms with Crippen molar-refractivity contribution in [2.24, 2.45) is 11.5 Å². The number of benzene rings is 1. The molecule has 0 aliphatic rings. The first-order valence-corrected chi connectivity index (χ1v) is 6.88. The van der Waals surface area contributed by atoms with E-state index in [0.29, 0.717) is 21.6 Å². The van der Waals surface area contributed by atoms with E-state index in [1.54, 1.807) is 23.6 Å². The van der Waals surface area contributed by atoms with Crippen molar-refractivity contribution >= 4 is 46.4 Å². The van der Waals surface area contributed by atoms with Crippen LogP contribution in [0.2, 0.25) is 10.0 Å². The Balaban J connectivity index is 0.000000631. The van der Waals surface area contributed by atoms with Crippen LogP contribution in [0, 0.1) is 0 Å². The minimum atomic E-state index is 0.167. The SMILES string of the molecule is CC(C)=O.NCS/C=C(\N)c1ccc(Cl)cc1Cl. The third-order valence-electron chi connectivity index (χ3n) is 1.55. The van der Waals surface area contributed by atoms with E-state index in [2.05, 4.69) is 0 Å². The molecule has 0 aliphatic heterocycles. The van der Waals surface area contributed by atoms with Crippen LogP contribution < -0.4 is 11.5 Å². The Hall–Kier alpha value is -0.680. The number of hydrogen-bond acceptors (Lipinski definition) is 4. The lowest BCUT2D eigenvalue weighted by Crippen LogP contribution is -1.97. The van der Waals surface area contributed by atoms with Crippen molar-refractivity contribution in [1.82, 2.24) is 0 Å². The van der Waals surface area contributed by atoms with Crippen LogP contribution in [0.15, 0.2) is 23.6 Å². The lowest BCUT2D eigenvalue weighted by atomic mass is 10.2. The average Bonchev–Trinajstić information content (AvgIpc) is 2.25. The van der Waals surface area contributed by atoms with Crippen LogP contribution in [0.3, 0.4) is 0 Å². The van der Waals surface area contributed by atoms with Gasteiger partial charge in [-0.05, 0) is 37.5 Å². The third kappa shape index (κ3) is 7.61. The predicted octanol–water partition coefficient (Wildman–Crippen LogP) is 3.50. The summed E-state index contributed by atoms with van der Waals surface area (Å²) in [6.45, 7) is 3.06. The summed E-state index contributed by atoms with van der Waals surface area (Å²) in [7, 11) is 0. The lowest BCUT2D eigenvalue weighted by Gasteiger charge is -2.04. The standard InChI is InChI=1S/C9H10Cl2N2S.C3H6O/c10-6-1-2-7(8(11)3-6)9(13)4-14-5-12;1-3(2)4/h1-4H,5,12-13H2;1-2H3/b9-4-;. The van der Waals surface area contributed by atoms with E-state index in [1.165, 1.54) is 25.6 Å². The minimum Gasteiger partial charge on any atom is -0.398 e. The number of carbonyl (C=O) groups excluding carboxylic acids is 1. The molecule has 0 saturated heterocycles. The normalized spacial score (nSPS) is 10.6. The zero-order valence-electron chi connectivity index (χ0n) is 10.2. The number of nitrogens with two attached hydrogens (primary N) is 2. The Labute approximate surface area is 122 Å². The molecule has 4 N–H and O–H groups in total. The van der Waals surface area contributed by atoms with Gasteiger partial charge in [0.1, 0.15) is 5.78 Å². The quantitative estimate of drug-likeness (QED) is 0.839. The molecule has 100 valence electrons. The second kappa shape index (κ2) is 9.28. The Morgan fingerprint density at radius 1 is 1.39 bits per heavy atom. The molecule has 0 atom stereocenters. The minimum absolute atomic E-state index is 0.167. The highest BCUT2D eigenvalue weighted by Gasteiger charge is 2.03. The van der Waals surface area contributed by atoms with Gasteiger partial charge in [-0.25, -0.2) is 0 Å². The third-order valence-corrected chi connectivity index (χ3v) is 2.71. The molecule has 0 fully saturated rings. The van der Waals surface area contributed by atoms with Gasteiger partial charge in [-0.2, -0.15) is 0 Å². The van der Waals surface area contributed by atoms with Gasteiger partial charge in [-0.1, -0.05) is 23.2 Å². The summed E-state index contributed by atoms with van der Waals surface area (Å²) in [5, 5.41) is 2.91. The van der Waals surface area contributed by atoms with Crippen molar-refractivity contribution in [3.8, 4) is 0 Å². The molecule has 1 rings (SSSR count). The molecule has 0 aliphatic carbocycles. The van der Waals surface area contributed by atoms with Crippen molar-refractivity contribution in [1.29, 1.82) is 0 Å². The molecule has 0 heterocycles. The van der Waals surface area contributed by atoms with Gasteiger partial charge in [0.25, 0.3) is 0 Å². The van der Waals surface area contributed by atoms with Crippen LogP contribution in [0.4, 0.5) is 0 Å². The van der Waals surface area contributed by atoms with E-state index in [4.69, 9.17) is 34.7 Å². The van der Waals surface area contributed by atoms with Gasteiger partial charge in [0.05, 0.1) is 5.02 Å². The summed E-state index contributed by atoms with van der Waals surface area (Å²) in [5.41, 5.74) is 12.5. The molecule has 0 aromatic heterocycles. The van der Waals surface area contributed by atoms with Crippen molar-refractivity contribution in [2.45, 2.75) is 13.8 Å². The summed E-state index contributed by atoms with van der Waals surface area (Å²) < 4.78 is 0. The molecule has 0 bridgehead atoms. The first-order valence-electron chi connectivity index (χ1n) is 5.08. The Morgan fingerprint density at radius 3 is 2.39 bits per heavy atom. The Morgan fingerprint density at radius 2 is 1.94 bits per heavy atom. The fourth-order valence-electron chi connectivity index (χ4n) is 0.925. The molecule has 0 saturated carbocycles. The zero-order chi connectivity index (χ0) is 14.1. The van der Waals surface area contributed by atoms with Gasteiger partial charge in [0.15, 0.2) is 0 Å². The number of ketones is 1. The molecule has 0 amide bonds. The predicted molar refractivity (Wildman–Crippen MR) is 81.6 cm³/mol. The monoisotopic (exact) mass is 306 g/mol. The van der Waals surface area contributed by atoms with E-state index in [-0.39, 0.29) is 5.78 Å². The van der Waals surface area contributed by atoms with Crippen LogP contribution in [-0.2, 0) is 4.79 Å². The van der Waals surface area contributed by atoms with E-state index >= 15 is 0 Å². The van der Waals surface area contributed by atoms with Crippen LogP contribution in [0.1, 0.15) is 19.4 Å². The molecule has 1 aromatic rings. The summed E-state index contributed by atoms with van der Waals surface area (Å²) in [6, 6.07) is 5.19. The van der Waals surface area contributed by atoms with Gasteiger partial charge in [0.2, 0.25) is 0 Å². The topological polar surface area (TPSA) is 69.1 Å². The molecule has 0 radical (unpaired) electrons. The smallest absolute Gasteiger partial charge is 0.126 e. The molecule has 1 aromatic carbocycles. The van der Waals surface area contributed by atoms with E-state index in [9.17, 15) is 4.79 Å². The Bertz CT molecular complexity index is 432. The van der Waals surface area contributed by atoms with Crippen LogP contribution >= 0.6 is 35.0 Å². The first-order chi connectivity index (χ1) is 8.38. The summed E-state index contributed by atoms with van der Waals surface area (Å²) >= 11 is 13.1. The number of carbonyl (C=O) groups is 1. The van der Waals surface area contributed by atoms with Crippen LogP contribution in [0.25, 0.3) is 5.70 Å². The highest BCUT2D eigenvalue weighted by atomic mass is 35.5. The molecule has 6 heteroatoms. The number of Topliss-reactive ketones (excluding diaryl/α,β-unsaturated/α-hetero) is 1. The Kier molecular flexibility index (Phi) is 8.93. The van der Waals surface area contributed by atoms with Crippen molar-refractivity contribution < 1.29 is 4.79 Å². The number of hydrogen-bond donors (Lipinski definition) is 2. The molecule has 18 heavy (non-hydrogen) atoms. The number of rotatable bonds is 3. The maximum Gasteiger partial charge on any atom is 0.126 e. The molecular formula is C12H16Cl2N2OS. The molecular weight excluding hydrogens is 291 g/mol. The van der Waals surface area contributed by atoms with Crippen LogP contribution in [0.5, 0.6) is 0 Å². The summed E-state index contributed by atoms with van der Waals surface area (Å²) in [6.07, 6.45) is 0. The molecule has 0 spiro atoms. The maximum atomic E-state index is 9.44. The summed E-state index contributed by atoms with van der Waals surface area (Å²) in [5.74, 6) is 0.659. The number of thioether (sulfide) groups is 1. The van der Waals surface area contributed by atoms with E-state index in [0.717, 1.165) is 5.56 Å². The van der Waals surface area contributed by atoms with Crippen molar-refractivity contribution in [2.75, 3.05) is 5.88 Å². The van der Waals surface area contributed by atoms with E-state index < -0.39 is 0 Å². The second-order valence-electron chi connectivity index (χ2n) is 3.44. The fourth-order valence-corrected chi connectivity index (χ4v) is 1.85. The average molecular weight is 307 g/mol.